The zero-order valence-electron chi connectivity index (χ0n) is 18.6. The van der Waals surface area contributed by atoms with Crippen molar-refractivity contribution in [1.82, 2.24) is 9.47 Å². The normalized spacial score (nSPS) is 11.4. The molecule has 5 nitrogen and oxygen atoms in total. The summed E-state index contributed by atoms with van der Waals surface area (Å²) in [5.74, 6) is 0.841. The van der Waals surface area contributed by atoms with E-state index in [-0.39, 0.29) is 5.43 Å². The van der Waals surface area contributed by atoms with E-state index in [2.05, 4.69) is 60.1 Å². The number of aryl methyl sites for hydroxylation is 1. The first kappa shape index (κ1) is 20.9. The van der Waals surface area contributed by atoms with Crippen molar-refractivity contribution in [2.24, 2.45) is 0 Å². The fourth-order valence-corrected chi connectivity index (χ4v) is 4.08. The topological polar surface area (TPSA) is 46.5 Å². The number of rotatable bonds is 7. The van der Waals surface area contributed by atoms with Crippen molar-refractivity contribution in [2.45, 2.75) is 20.0 Å². The summed E-state index contributed by atoms with van der Waals surface area (Å²) < 4.78 is 7.56. The van der Waals surface area contributed by atoms with Gasteiger partial charge >= 0.3 is 0 Å². The van der Waals surface area contributed by atoms with Crippen LogP contribution >= 0.6 is 0 Å². The molecule has 0 aliphatic heterocycles. The molecule has 0 aliphatic carbocycles. The maximum Gasteiger partial charge on any atom is 0.197 e. The number of aromatic nitrogens is 1. The van der Waals surface area contributed by atoms with E-state index in [9.17, 15) is 4.79 Å². The lowest BCUT2D eigenvalue weighted by Gasteiger charge is -2.21. The van der Waals surface area contributed by atoms with Crippen molar-refractivity contribution in [3.05, 3.63) is 82.0 Å². The van der Waals surface area contributed by atoms with Crippen LogP contribution in [0.15, 0.2) is 65.5 Å². The summed E-state index contributed by atoms with van der Waals surface area (Å²) in [6, 6.07) is 20.0. The minimum Gasteiger partial charge on any atom is -0.497 e. The van der Waals surface area contributed by atoms with Gasteiger partial charge < -0.3 is 19.5 Å². The van der Waals surface area contributed by atoms with Gasteiger partial charge in [-0.25, -0.2) is 0 Å². The molecule has 3 aromatic carbocycles. The smallest absolute Gasteiger partial charge is 0.197 e. The lowest BCUT2D eigenvalue weighted by molar-refractivity contribution is 0.389. The third kappa shape index (κ3) is 4.14. The Morgan fingerprint density at radius 3 is 2.29 bits per heavy atom. The molecule has 0 radical (unpaired) electrons. The SMILES string of the molecule is COc1ccc(CNc2cccc3c(=O)c4cccc(C)c4n(CCN(C)C)c23)cc1. The number of anilines is 1. The van der Waals surface area contributed by atoms with Crippen LogP contribution in [-0.4, -0.2) is 37.2 Å². The molecule has 1 heterocycles. The van der Waals surface area contributed by atoms with Gasteiger partial charge in [-0.1, -0.05) is 30.3 Å². The van der Waals surface area contributed by atoms with Gasteiger partial charge in [0.2, 0.25) is 0 Å². The van der Waals surface area contributed by atoms with Gasteiger partial charge in [0.1, 0.15) is 5.75 Å². The van der Waals surface area contributed by atoms with E-state index >= 15 is 0 Å². The average Bonchev–Trinajstić information content (AvgIpc) is 2.78. The number of hydrogen-bond acceptors (Lipinski definition) is 4. The van der Waals surface area contributed by atoms with Gasteiger partial charge in [-0.15, -0.1) is 0 Å². The molecule has 31 heavy (non-hydrogen) atoms. The van der Waals surface area contributed by atoms with E-state index in [1.807, 2.05) is 36.4 Å². The Bertz CT molecular complexity index is 1270. The molecule has 0 spiro atoms. The molecular weight excluding hydrogens is 386 g/mol. The highest BCUT2D eigenvalue weighted by molar-refractivity contribution is 6.00. The molecule has 0 saturated heterocycles. The van der Waals surface area contributed by atoms with E-state index in [0.29, 0.717) is 6.54 Å². The Morgan fingerprint density at radius 1 is 0.935 bits per heavy atom. The minimum atomic E-state index is 0.0860. The quantitative estimate of drug-likeness (QED) is 0.447. The van der Waals surface area contributed by atoms with Gasteiger partial charge in [-0.05, 0) is 62.5 Å². The highest BCUT2D eigenvalue weighted by Gasteiger charge is 2.15. The van der Waals surface area contributed by atoms with Crippen molar-refractivity contribution < 1.29 is 4.74 Å². The maximum atomic E-state index is 13.4. The second kappa shape index (κ2) is 8.82. The zero-order valence-corrected chi connectivity index (χ0v) is 18.6. The fourth-order valence-electron chi connectivity index (χ4n) is 4.08. The molecule has 0 atom stereocenters. The summed E-state index contributed by atoms with van der Waals surface area (Å²) in [4.78, 5) is 15.5. The monoisotopic (exact) mass is 415 g/mol. The number of nitrogens with zero attached hydrogens (tertiary/aromatic N) is 2. The molecule has 0 aliphatic rings. The number of fused-ring (bicyclic) bond motifs is 2. The molecule has 0 unspecified atom stereocenters. The van der Waals surface area contributed by atoms with Crippen molar-refractivity contribution in [2.75, 3.05) is 33.1 Å². The van der Waals surface area contributed by atoms with Gasteiger partial charge in [0.25, 0.3) is 0 Å². The number of ether oxygens (including phenoxy) is 1. The number of nitrogens with one attached hydrogen (secondary N) is 1. The number of benzene rings is 3. The average molecular weight is 416 g/mol. The Morgan fingerprint density at radius 2 is 1.61 bits per heavy atom. The van der Waals surface area contributed by atoms with Crippen molar-refractivity contribution >= 4 is 27.5 Å². The van der Waals surface area contributed by atoms with E-state index in [1.54, 1.807) is 7.11 Å². The summed E-state index contributed by atoms with van der Waals surface area (Å²) >= 11 is 0. The number of para-hydroxylation sites is 2. The van der Waals surface area contributed by atoms with Crippen LogP contribution in [0.2, 0.25) is 0 Å². The van der Waals surface area contributed by atoms with Crippen molar-refractivity contribution in [1.29, 1.82) is 0 Å². The molecule has 1 N–H and O–H groups in total. The van der Waals surface area contributed by atoms with E-state index in [0.717, 1.165) is 57.5 Å². The van der Waals surface area contributed by atoms with Crippen molar-refractivity contribution in [3.8, 4) is 5.75 Å². The standard InChI is InChI=1S/C26H29N3O2/c1-18-7-5-8-21-24(18)29(16-15-28(2)3)25-22(26(21)30)9-6-10-23(25)27-17-19-11-13-20(31-4)14-12-19/h5-14,27H,15-17H2,1-4H3. The van der Waals surface area contributed by atoms with Gasteiger partial charge in [0.05, 0.1) is 23.8 Å². The third-order valence-electron chi connectivity index (χ3n) is 5.72. The lowest BCUT2D eigenvalue weighted by atomic mass is 10.0. The summed E-state index contributed by atoms with van der Waals surface area (Å²) in [5, 5.41) is 5.09. The van der Waals surface area contributed by atoms with Crippen LogP contribution in [0.3, 0.4) is 0 Å². The van der Waals surface area contributed by atoms with Gasteiger partial charge in [0.15, 0.2) is 5.43 Å². The van der Waals surface area contributed by atoms with Crippen LogP contribution in [0.1, 0.15) is 11.1 Å². The second-order valence-electron chi connectivity index (χ2n) is 8.16. The van der Waals surface area contributed by atoms with Crippen LogP contribution < -0.4 is 15.5 Å². The molecule has 0 amide bonds. The predicted molar refractivity (Wildman–Crippen MR) is 129 cm³/mol. The molecule has 0 bridgehead atoms. The molecule has 4 rings (SSSR count). The van der Waals surface area contributed by atoms with Crippen LogP contribution in [0, 0.1) is 6.92 Å². The van der Waals surface area contributed by atoms with Gasteiger partial charge in [0, 0.05) is 30.4 Å². The van der Waals surface area contributed by atoms with Crippen LogP contribution in [0.25, 0.3) is 21.8 Å². The van der Waals surface area contributed by atoms with E-state index < -0.39 is 0 Å². The first-order valence-electron chi connectivity index (χ1n) is 10.6. The molecule has 5 heteroatoms. The zero-order chi connectivity index (χ0) is 22.0. The summed E-state index contributed by atoms with van der Waals surface area (Å²) in [6.07, 6.45) is 0. The molecular formula is C26H29N3O2. The fraction of sp³-hybridized carbons (Fsp3) is 0.269. The highest BCUT2D eigenvalue weighted by atomic mass is 16.5. The van der Waals surface area contributed by atoms with Gasteiger partial charge in [-0.2, -0.15) is 0 Å². The number of methoxy groups -OCH3 is 1. The first-order valence-corrected chi connectivity index (χ1v) is 10.6. The van der Waals surface area contributed by atoms with E-state index in [1.165, 1.54) is 0 Å². The lowest BCUT2D eigenvalue weighted by Crippen LogP contribution is -2.22. The Hall–Kier alpha value is -3.31. The first-order chi connectivity index (χ1) is 15.0. The van der Waals surface area contributed by atoms with Gasteiger partial charge in [-0.3, -0.25) is 4.79 Å². The Kier molecular flexibility index (Phi) is 5.96. The maximum absolute atomic E-state index is 13.4. The Balaban J connectivity index is 1.86. The summed E-state index contributed by atoms with van der Waals surface area (Å²) in [7, 11) is 5.81. The van der Waals surface area contributed by atoms with Crippen LogP contribution in [0.4, 0.5) is 5.69 Å². The predicted octanol–water partition coefficient (Wildman–Crippen LogP) is 4.65. The Labute approximate surface area is 182 Å². The van der Waals surface area contributed by atoms with Crippen molar-refractivity contribution in [3.63, 3.8) is 0 Å². The minimum absolute atomic E-state index is 0.0860. The van der Waals surface area contributed by atoms with Crippen LogP contribution in [-0.2, 0) is 13.1 Å². The number of likely N-dealkylation sites (N-methyl/N-ethyl adjacent to an activating group) is 1. The highest BCUT2D eigenvalue weighted by Crippen LogP contribution is 2.28. The molecule has 4 aromatic rings. The number of hydrogen-bond donors (Lipinski definition) is 1. The summed E-state index contributed by atoms with van der Waals surface area (Å²) in [6.45, 7) is 4.42. The number of pyridine rings is 1. The molecule has 0 saturated carbocycles. The van der Waals surface area contributed by atoms with Crippen LogP contribution in [0.5, 0.6) is 5.75 Å². The largest absolute Gasteiger partial charge is 0.497 e. The second-order valence-corrected chi connectivity index (χ2v) is 8.16. The molecule has 160 valence electrons. The molecule has 1 aromatic heterocycles. The molecule has 0 fully saturated rings. The van der Waals surface area contributed by atoms with E-state index in [4.69, 9.17) is 4.74 Å². The third-order valence-corrected chi connectivity index (χ3v) is 5.72. The summed E-state index contributed by atoms with van der Waals surface area (Å²) in [5.41, 5.74) is 5.29.